The molecule has 0 aliphatic carbocycles. The SMILES string of the molecule is CCCSc1nc(NC(C)C)c2cnn(CCNC(=O)c3ccccc3OC)c2n1. The van der Waals surface area contributed by atoms with E-state index in [-0.39, 0.29) is 11.9 Å². The zero-order valence-electron chi connectivity index (χ0n) is 17.8. The van der Waals surface area contributed by atoms with E-state index in [1.54, 1.807) is 41.9 Å². The second-order valence-electron chi connectivity index (χ2n) is 7.06. The number of hydrogen-bond acceptors (Lipinski definition) is 7. The Hall–Kier alpha value is -2.81. The molecule has 0 aliphatic heterocycles. The van der Waals surface area contributed by atoms with Gasteiger partial charge < -0.3 is 15.4 Å². The summed E-state index contributed by atoms with van der Waals surface area (Å²) in [5.41, 5.74) is 1.27. The second kappa shape index (κ2) is 10.3. The van der Waals surface area contributed by atoms with Crippen molar-refractivity contribution in [2.45, 2.75) is 44.9 Å². The molecule has 0 unspecified atom stereocenters. The number of rotatable bonds is 10. The van der Waals surface area contributed by atoms with E-state index in [1.807, 2.05) is 12.1 Å². The molecule has 0 fully saturated rings. The number of para-hydroxylation sites is 1. The van der Waals surface area contributed by atoms with Gasteiger partial charge >= 0.3 is 0 Å². The molecule has 3 rings (SSSR count). The highest BCUT2D eigenvalue weighted by molar-refractivity contribution is 7.99. The number of thioether (sulfide) groups is 1. The maximum atomic E-state index is 12.5. The molecule has 2 N–H and O–H groups in total. The summed E-state index contributed by atoms with van der Waals surface area (Å²) < 4.78 is 7.07. The number of hydrogen-bond donors (Lipinski definition) is 2. The lowest BCUT2D eigenvalue weighted by molar-refractivity contribution is 0.0949. The first-order valence-electron chi connectivity index (χ1n) is 10.1. The molecule has 9 heteroatoms. The van der Waals surface area contributed by atoms with Crippen LogP contribution < -0.4 is 15.4 Å². The van der Waals surface area contributed by atoms with Crippen molar-refractivity contribution in [3.05, 3.63) is 36.0 Å². The van der Waals surface area contributed by atoms with Gasteiger partial charge in [0, 0.05) is 18.3 Å². The van der Waals surface area contributed by atoms with Gasteiger partial charge in [0.05, 0.1) is 30.8 Å². The number of ether oxygens (including phenoxy) is 1. The number of benzene rings is 1. The monoisotopic (exact) mass is 428 g/mol. The number of aromatic nitrogens is 4. The van der Waals surface area contributed by atoms with Gasteiger partial charge in [-0.15, -0.1) is 0 Å². The van der Waals surface area contributed by atoms with Crippen LogP contribution in [0.4, 0.5) is 5.82 Å². The first-order chi connectivity index (χ1) is 14.5. The Balaban J connectivity index is 1.76. The van der Waals surface area contributed by atoms with E-state index in [4.69, 9.17) is 9.72 Å². The molecular formula is C21H28N6O2S. The highest BCUT2D eigenvalue weighted by Gasteiger charge is 2.15. The summed E-state index contributed by atoms with van der Waals surface area (Å²) in [6.45, 7) is 7.20. The third-order valence-corrected chi connectivity index (χ3v) is 5.35. The van der Waals surface area contributed by atoms with Gasteiger partial charge in [-0.1, -0.05) is 30.8 Å². The van der Waals surface area contributed by atoms with Crippen molar-refractivity contribution in [1.82, 2.24) is 25.1 Å². The van der Waals surface area contributed by atoms with Gasteiger partial charge in [0.25, 0.3) is 5.91 Å². The van der Waals surface area contributed by atoms with Crippen LogP contribution in [0.5, 0.6) is 5.75 Å². The second-order valence-corrected chi connectivity index (χ2v) is 8.13. The predicted molar refractivity (Wildman–Crippen MR) is 120 cm³/mol. The zero-order valence-corrected chi connectivity index (χ0v) is 18.6. The summed E-state index contributed by atoms with van der Waals surface area (Å²) in [4.78, 5) is 21.9. The molecule has 0 spiro atoms. The maximum Gasteiger partial charge on any atom is 0.255 e. The van der Waals surface area contributed by atoms with Crippen molar-refractivity contribution in [1.29, 1.82) is 0 Å². The Bertz CT molecular complexity index is 1000. The van der Waals surface area contributed by atoms with Crippen molar-refractivity contribution < 1.29 is 9.53 Å². The van der Waals surface area contributed by atoms with Crippen LogP contribution in [0.3, 0.4) is 0 Å². The van der Waals surface area contributed by atoms with E-state index in [1.165, 1.54) is 0 Å². The molecule has 2 aromatic heterocycles. The standard InChI is InChI=1S/C21H28N6O2S/c1-5-12-30-21-25-18(24-14(2)3)16-13-23-27(19(16)26-21)11-10-22-20(28)15-8-6-7-9-17(15)29-4/h6-9,13-14H,5,10-12H2,1-4H3,(H,22,28)(H,24,25,26). The molecule has 160 valence electrons. The van der Waals surface area contributed by atoms with Crippen LogP contribution in [0, 0.1) is 0 Å². The Morgan fingerprint density at radius 2 is 2.07 bits per heavy atom. The van der Waals surface area contributed by atoms with Crippen molar-refractivity contribution in [3.63, 3.8) is 0 Å². The molecule has 0 aliphatic rings. The minimum Gasteiger partial charge on any atom is -0.496 e. The molecule has 1 aromatic carbocycles. The van der Waals surface area contributed by atoms with Crippen LogP contribution in [-0.2, 0) is 6.54 Å². The summed E-state index contributed by atoms with van der Waals surface area (Å²) in [7, 11) is 1.55. The van der Waals surface area contributed by atoms with Crippen LogP contribution >= 0.6 is 11.8 Å². The van der Waals surface area contributed by atoms with Crippen molar-refractivity contribution in [2.24, 2.45) is 0 Å². The normalized spacial score (nSPS) is 11.1. The van der Waals surface area contributed by atoms with Crippen molar-refractivity contribution in [2.75, 3.05) is 24.7 Å². The highest BCUT2D eigenvalue weighted by Crippen LogP contribution is 2.25. The number of fused-ring (bicyclic) bond motifs is 1. The molecule has 1 amide bonds. The molecule has 0 saturated heterocycles. The predicted octanol–water partition coefficient (Wildman–Crippen LogP) is 3.59. The van der Waals surface area contributed by atoms with Gasteiger partial charge in [-0.25, -0.2) is 14.6 Å². The fourth-order valence-corrected chi connectivity index (χ4v) is 3.64. The van der Waals surface area contributed by atoms with Crippen LogP contribution in [0.1, 0.15) is 37.6 Å². The van der Waals surface area contributed by atoms with E-state index in [0.717, 1.165) is 34.2 Å². The number of nitrogens with zero attached hydrogens (tertiary/aromatic N) is 4. The summed E-state index contributed by atoms with van der Waals surface area (Å²) >= 11 is 1.63. The molecule has 0 radical (unpaired) electrons. The fraction of sp³-hybridized carbons (Fsp3) is 0.429. The Morgan fingerprint density at radius 3 is 2.80 bits per heavy atom. The third-order valence-electron chi connectivity index (χ3n) is 4.30. The highest BCUT2D eigenvalue weighted by atomic mass is 32.2. The summed E-state index contributed by atoms with van der Waals surface area (Å²) in [5.74, 6) is 2.11. The lowest BCUT2D eigenvalue weighted by Crippen LogP contribution is -2.28. The molecule has 0 atom stereocenters. The van der Waals surface area contributed by atoms with Crippen LogP contribution in [0.2, 0.25) is 0 Å². The third kappa shape index (κ3) is 5.21. The Labute approximate surface area is 180 Å². The van der Waals surface area contributed by atoms with E-state index < -0.39 is 0 Å². The number of carbonyl (C=O) groups excluding carboxylic acids is 1. The largest absolute Gasteiger partial charge is 0.496 e. The molecule has 2 heterocycles. The first-order valence-corrected chi connectivity index (χ1v) is 11.1. The molecule has 0 saturated carbocycles. The lowest BCUT2D eigenvalue weighted by atomic mass is 10.2. The smallest absolute Gasteiger partial charge is 0.255 e. The number of methoxy groups -OCH3 is 1. The number of amides is 1. The average Bonchev–Trinajstić information content (AvgIpc) is 3.15. The summed E-state index contributed by atoms with van der Waals surface area (Å²) in [6.07, 6.45) is 2.82. The van der Waals surface area contributed by atoms with Crippen LogP contribution in [0.25, 0.3) is 11.0 Å². The maximum absolute atomic E-state index is 12.5. The van der Waals surface area contributed by atoms with Gasteiger partial charge in [-0.2, -0.15) is 5.10 Å². The van der Waals surface area contributed by atoms with Crippen molar-refractivity contribution >= 4 is 34.5 Å². The van der Waals surface area contributed by atoms with Gasteiger partial charge in [-0.05, 0) is 32.4 Å². The summed E-state index contributed by atoms with van der Waals surface area (Å²) in [5, 5.41) is 12.4. The van der Waals surface area contributed by atoms with Gasteiger partial charge in [0.2, 0.25) is 0 Å². The number of anilines is 1. The summed E-state index contributed by atoms with van der Waals surface area (Å²) in [6, 6.07) is 7.41. The minimum absolute atomic E-state index is 0.181. The lowest BCUT2D eigenvalue weighted by Gasteiger charge is -2.12. The molecule has 30 heavy (non-hydrogen) atoms. The molecule has 3 aromatic rings. The van der Waals surface area contributed by atoms with E-state index >= 15 is 0 Å². The van der Waals surface area contributed by atoms with E-state index in [2.05, 4.69) is 41.5 Å². The Morgan fingerprint density at radius 1 is 1.27 bits per heavy atom. The van der Waals surface area contributed by atoms with Gasteiger partial charge in [0.1, 0.15) is 11.6 Å². The quantitative estimate of drug-likeness (QED) is 0.376. The molecule has 0 bridgehead atoms. The van der Waals surface area contributed by atoms with Gasteiger partial charge in [-0.3, -0.25) is 4.79 Å². The first kappa shape index (κ1) is 21.9. The van der Waals surface area contributed by atoms with Crippen LogP contribution in [-0.4, -0.2) is 51.1 Å². The zero-order chi connectivity index (χ0) is 21.5. The van der Waals surface area contributed by atoms with Gasteiger partial charge in [0.15, 0.2) is 10.8 Å². The minimum atomic E-state index is -0.181. The van der Waals surface area contributed by atoms with E-state index in [0.29, 0.717) is 24.4 Å². The number of nitrogens with one attached hydrogen (secondary N) is 2. The van der Waals surface area contributed by atoms with Crippen molar-refractivity contribution in [3.8, 4) is 5.75 Å². The molecular weight excluding hydrogens is 400 g/mol. The fourth-order valence-electron chi connectivity index (χ4n) is 2.94. The Kier molecular flexibility index (Phi) is 7.51. The topological polar surface area (TPSA) is 94.0 Å². The van der Waals surface area contributed by atoms with E-state index in [9.17, 15) is 4.79 Å². The average molecular weight is 429 g/mol. The number of carbonyl (C=O) groups is 1. The molecule has 8 nitrogen and oxygen atoms in total. The van der Waals surface area contributed by atoms with Crippen LogP contribution in [0.15, 0.2) is 35.6 Å².